The molecule has 3 aromatic heterocycles. The van der Waals surface area contributed by atoms with Crippen molar-refractivity contribution in [3.05, 3.63) is 72.1 Å². The molecule has 11 heteroatoms. The average molecular weight is 529 g/mol. The van der Waals surface area contributed by atoms with Crippen LogP contribution >= 0.6 is 11.6 Å². The summed E-state index contributed by atoms with van der Waals surface area (Å²) in [6.45, 7) is 2.07. The number of hydrogen-bond donors (Lipinski definition) is 1. The van der Waals surface area contributed by atoms with Gasteiger partial charge in [0, 0.05) is 61.1 Å². The van der Waals surface area contributed by atoms with Crippen LogP contribution < -0.4 is 9.80 Å². The van der Waals surface area contributed by atoms with Gasteiger partial charge in [-0.25, -0.2) is 4.98 Å². The maximum absolute atomic E-state index is 11.7. The fraction of sp³-hybridized carbons (Fsp3) is 0.222. The van der Waals surface area contributed by atoms with Crippen LogP contribution in [0.2, 0.25) is 5.02 Å². The average Bonchev–Trinajstić information content (AvgIpc) is 3.45. The van der Waals surface area contributed by atoms with Crippen molar-refractivity contribution in [1.82, 2.24) is 29.5 Å². The van der Waals surface area contributed by atoms with E-state index < -0.39 is 6.61 Å². The molecule has 2 aromatic carbocycles. The number of hydrogen-bond acceptors (Lipinski definition) is 8. The highest BCUT2D eigenvalue weighted by Crippen LogP contribution is 2.33. The number of carbonyl (C=O) groups excluding carboxylic acids is 1. The SMILES string of the molecule is CN(c1cccc(-c2ccc(N3CCN(C(=O)CO)CC3)nc2)c1)c1nc2nncn2c2cc(Cl)ccc12. The van der Waals surface area contributed by atoms with Gasteiger partial charge in [-0.1, -0.05) is 23.7 Å². The Labute approximate surface area is 223 Å². The van der Waals surface area contributed by atoms with Crippen LogP contribution in [0.15, 0.2) is 67.1 Å². The smallest absolute Gasteiger partial charge is 0.257 e. The molecular weight excluding hydrogens is 504 g/mol. The second-order valence-electron chi connectivity index (χ2n) is 9.14. The highest BCUT2D eigenvalue weighted by molar-refractivity contribution is 6.31. The van der Waals surface area contributed by atoms with Crippen LogP contribution in [0.1, 0.15) is 0 Å². The van der Waals surface area contributed by atoms with Gasteiger partial charge in [0.2, 0.25) is 5.91 Å². The lowest BCUT2D eigenvalue weighted by molar-refractivity contribution is -0.134. The van der Waals surface area contributed by atoms with E-state index in [0.717, 1.165) is 39.4 Å². The van der Waals surface area contributed by atoms with Gasteiger partial charge in [0.15, 0.2) is 0 Å². The van der Waals surface area contributed by atoms with Gasteiger partial charge in [-0.15, -0.1) is 10.2 Å². The maximum atomic E-state index is 11.7. The molecule has 38 heavy (non-hydrogen) atoms. The molecule has 1 N–H and O–H groups in total. The molecule has 0 unspecified atom stereocenters. The van der Waals surface area contributed by atoms with E-state index in [2.05, 4.69) is 33.3 Å². The van der Waals surface area contributed by atoms with E-state index in [4.69, 9.17) is 26.7 Å². The monoisotopic (exact) mass is 528 g/mol. The molecule has 1 saturated heterocycles. The highest BCUT2D eigenvalue weighted by atomic mass is 35.5. The third kappa shape index (κ3) is 4.37. The fourth-order valence-corrected chi connectivity index (χ4v) is 4.99. The molecule has 192 valence electrons. The molecule has 10 nitrogen and oxygen atoms in total. The number of nitrogens with zero attached hydrogens (tertiary/aromatic N) is 8. The Balaban J connectivity index is 1.26. The molecule has 0 radical (unpaired) electrons. The number of anilines is 3. The first-order valence-corrected chi connectivity index (χ1v) is 12.6. The summed E-state index contributed by atoms with van der Waals surface area (Å²) in [6, 6.07) is 18.0. The summed E-state index contributed by atoms with van der Waals surface area (Å²) < 4.78 is 1.83. The second-order valence-corrected chi connectivity index (χ2v) is 9.57. The van der Waals surface area contributed by atoms with Crippen LogP contribution in [0.4, 0.5) is 17.3 Å². The van der Waals surface area contributed by atoms with E-state index in [0.29, 0.717) is 37.0 Å². The van der Waals surface area contributed by atoms with Gasteiger partial charge in [0.25, 0.3) is 5.78 Å². The number of piperazine rings is 1. The first-order chi connectivity index (χ1) is 18.5. The largest absolute Gasteiger partial charge is 0.387 e. The molecule has 1 aliphatic rings. The lowest BCUT2D eigenvalue weighted by Crippen LogP contribution is -2.49. The molecule has 1 amide bonds. The van der Waals surface area contributed by atoms with Crippen LogP contribution in [0, 0.1) is 0 Å². The normalized spacial score (nSPS) is 13.9. The summed E-state index contributed by atoms with van der Waals surface area (Å²) >= 11 is 6.29. The minimum absolute atomic E-state index is 0.230. The van der Waals surface area contributed by atoms with Gasteiger partial charge in [-0.05, 0) is 48.0 Å². The number of aliphatic hydroxyl groups excluding tert-OH is 1. The van der Waals surface area contributed by atoms with Crippen LogP contribution in [0.3, 0.4) is 0 Å². The van der Waals surface area contributed by atoms with Crippen LogP contribution in [0.5, 0.6) is 0 Å². The zero-order chi connectivity index (χ0) is 26.2. The van der Waals surface area contributed by atoms with Crippen molar-refractivity contribution in [3.63, 3.8) is 0 Å². The van der Waals surface area contributed by atoms with Crippen LogP contribution in [-0.2, 0) is 4.79 Å². The number of rotatable bonds is 5. The Kier molecular flexibility index (Phi) is 6.26. The molecule has 6 rings (SSSR count). The molecule has 0 atom stereocenters. The molecule has 5 aromatic rings. The van der Waals surface area contributed by atoms with Crippen molar-refractivity contribution in [3.8, 4) is 11.1 Å². The molecule has 1 fully saturated rings. The molecular formula is C27H25ClN8O2. The Morgan fingerprint density at radius 3 is 2.66 bits per heavy atom. The predicted molar refractivity (Wildman–Crippen MR) is 147 cm³/mol. The number of pyridine rings is 1. The number of carbonyl (C=O) groups is 1. The Morgan fingerprint density at radius 1 is 1.05 bits per heavy atom. The quantitative estimate of drug-likeness (QED) is 0.370. The Hall–Kier alpha value is -4.28. The van der Waals surface area contributed by atoms with Gasteiger partial charge < -0.3 is 19.8 Å². The summed E-state index contributed by atoms with van der Waals surface area (Å²) in [5.41, 5.74) is 3.87. The standard InChI is InChI=1S/C27H25ClN8O2/c1-33(26-22-7-6-20(28)14-23(22)36-17-30-32-27(36)31-26)21-4-2-3-18(13-21)19-5-8-24(29-15-19)34-9-11-35(12-10-34)25(38)16-37/h2-8,13-15,17,37H,9-12,16H2,1H3. The maximum Gasteiger partial charge on any atom is 0.257 e. The molecule has 4 heterocycles. The Bertz CT molecular complexity index is 1630. The summed E-state index contributed by atoms with van der Waals surface area (Å²) in [6.07, 6.45) is 3.51. The lowest BCUT2D eigenvalue weighted by atomic mass is 10.1. The number of aromatic nitrogens is 5. The number of aliphatic hydroxyl groups is 1. The summed E-state index contributed by atoms with van der Waals surface area (Å²) in [4.78, 5) is 27.1. The number of fused-ring (bicyclic) bond motifs is 3. The first kappa shape index (κ1) is 24.1. The number of halogens is 1. The van der Waals surface area contributed by atoms with Crippen molar-refractivity contribution >= 4 is 51.5 Å². The van der Waals surface area contributed by atoms with E-state index >= 15 is 0 Å². The zero-order valence-corrected chi connectivity index (χ0v) is 21.5. The number of amides is 1. The first-order valence-electron chi connectivity index (χ1n) is 12.2. The van der Waals surface area contributed by atoms with Crippen molar-refractivity contribution in [2.75, 3.05) is 49.6 Å². The summed E-state index contributed by atoms with van der Waals surface area (Å²) in [7, 11) is 1.98. The van der Waals surface area contributed by atoms with E-state index in [1.165, 1.54) is 0 Å². The van der Waals surface area contributed by atoms with Crippen LogP contribution in [0.25, 0.3) is 27.8 Å². The van der Waals surface area contributed by atoms with Gasteiger partial charge >= 0.3 is 0 Å². The van der Waals surface area contributed by atoms with E-state index in [-0.39, 0.29) is 5.91 Å². The lowest BCUT2D eigenvalue weighted by Gasteiger charge is -2.35. The molecule has 0 spiro atoms. The zero-order valence-electron chi connectivity index (χ0n) is 20.7. The molecule has 1 aliphatic heterocycles. The number of benzene rings is 2. The Morgan fingerprint density at radius 2 is 1.89 bits per heavy atom. The third-order valence-electron chi connectivity index (χ3n) is 6.92. The van der Waals surface area contributed by atoms with Crippen LogP contribution in [-0.4, -0.2) is 80.3 Å². The molecule has 0 saturated carbocycles. The second kappa shape index (κ2) is 9.88. The molecule has 0 aliphatic carbocycles. The summed E-state index contributed by atoms with van der Waals surface area (Å²) in [5.74, 6) is 1.89. The van der Waals surface area contributed by atoms with E-state index in [1.807, 2.05) is 58.9 Å². The van der Waals surface area contributed by atoms with Gasteiger partial charge in [0.05, 0.1) is 5.52 Å². The predicted octanol–water partition coefficient (Wildman–Crippen LogP) is 3.40. The van der Waals surface area contributed by atoms with Gasteiger partial charge in [0.1, 0.15) is 24.6 Å². The van der Waals surface area contributed by atoms with Crippen molar-refractivity contribution in [2.45, 2.75) is 0 Å². The highest BCUT2D eigenvalue weighted by Gasteiger charge is 2.21. The van der Waals surface area contributed by atoms with E-state index in [1.54, 1.807) is 11.2 Å². The van der Waals surface area contributed by atoms with Crippen molar-refractivity contribution in [1.29, 1.82) is 0 Å². The van der Waals surface area contributed by atoms with E-state index in [9.17, 15) is 4.79 Å². The topological polar surface area (TPSA) is 103 Å². The minimum Gasteiger partial charge on any atom is -0.387 e. The van der Waals surface area contributed by atoms with Crippen molar-refractivity contribution in [2.24, 2.45) is 0 Å². The third-order valence-corrected chi connectivity index (χ3v) is 7.15. The fourth-order valence-electron chi connectivity index (χ4n) is 4.82. The molecule has 0 bridgehead atoms. The van der Waals surface area contributed by atoms with Gasteiger partial charge in [-0.2, -0.15) is 4.98 Å². The van der Waals surface area contributed by atoms with Crippen molar-refractivity contribution < 1.29 is 9.90 Å². The summed E-state index contributed by atoms with van der Waals surface area (Å²) in [5, 5.41) is 18.8. The minimum atomic E-state index is -0.447. The van der Waals surface area contributed by atoms with Gasteiger partial charge in [-0.3, -0.25) is 9.20 Å².